The number of fused-ring (bicyclic) bond motifs is 1. The summed E-state index contributed by atoms with van der Waals surface area (Å²) in [6.07, 6.45) is 3.76. The third-order valence-corrected chi connectivity index (χ3v) is 5.72. The van der Waals surface area contributed by atoms with Crippen LogP contribution in [0.15, 0.2) is 60.9 Å². The van der Waals surface area contributed by atoms with Crippen LogP contribution in [-0.4, -0.2) is 45.1 Å². The van der Waals surface area contributed by atoms with Crippen molar-refractivity contribution in [3.63, 3.8) is 0 Å². The minimum Gasteiger partial charge on any atom is -0.508 e. The summed E-state index contributed by atoms with van der Waals surface area (Å²) in [5, 5.41) is 22.6. The Morgan fingerprint density at radius 2 is 1.90 bits per heavy atom. The smallest absolute Gasteiger partial charge is 0.200 e. The minimum atomic E-state index is 0.309. The number of rotatable bonds is 5. The Kier molecular flexibility index (Phi) is 4.71. The quantitative estimate of drug-likeness (QED) is 0.551. The van der Waals surface area contributed by atoms with Crippen molar-refractivity contribution < 1.29 is 9.84 Å². The van der Waals surface area contributed by atoms with Crippen molar-refractivity contribution >= 4 is 11.3 Å². The molecule has 1 aliphatic heterocycles. The number of phenolic OH excluding ortho intramolecular Hbond substituents is 1. The van der Waals surface area contributed by atoms with Gasteiger partial charge in [-0.25, -0.2) is 0 Å². The maximum absolute atomic E-state index is 9.50. The van der Waals surface area contributed by atoms with Gasteiger partial charge in [0.2, 0.25) is 5.65 Å². The van der Waals surface area contributed by atoms with Crippen LogP contribution in [0.4, 0.5) is 5.69 Å². The molecule has 7 heteroatoms. The number of nitrogens with zero attached hydrogens (tertiary/aromatic N) is 5. The fourth-order valence-electron chi connectivity index (χ4n) is 4.13. The van der Waals surface area contributed by atoms with E-state index in [4.69, 9.17) is 4.74 Å². The molecule has 30 heavy (non-hydrogen) atoms. The van der Waals surface area contributed by atoms with Gasteiger partial charge in [-0.1, -0.05) is 12.1 Å². The van der Waals surface area contributed by atoms with E-state index in [1.165, 1.54) is 5.56 Å². The zero-order valence-electron chi connectivity index (χ0n) is 16.8. The summed E-state index contributed by atoms with van der Waals surface area (Å²) in [6, 6.07) is 17.5. The van der Waals surface area contributed by atoms with Crippen LogP contribution in [0.2, 0.25) is 0 Å². The number of methoxy groups -OCH3 is 1. The summed E-state index contributed by atoms with van der Waals surface area (Å²) in [4.78, 5) is 2.38. The normalized spacial score (nSPS) is 16.3. The lowest BCUT2D eigenvalue weighted by atomic mass is 9.99. The number of aromatic hydroxyl groups is 1. The van der Waals surface area contributed by atoms with Crippen LogP contribution in [0.25, 0.3) is 16.9 Å². The van der Waals surface area contributed by atoms with Crippen LogP contribution < -0.4 is 9.64 Å². The third kappa shape index (κ3) is 3.54. The first-order valence-electron chi connectivity index (χ1n) is 10.1. The summed E-state index contributed by atoms with van der Waals surface area (Å²) in [7, 11) is 1.66. The number of aromatic nitrogens is 4. The highest BCUT2D eigenvalue weighted by Crippen LogP contribution is 2.32. The Morgan fingerprint density at radius 1 is 1.10 bits per heavy atom. The van der Waals surface area contributed by atoms with Crippen LogP contribution in [0, 0.1) is 5.92 Å². The molecule has 2 aromatic heterocycles. The molecule has 0 aliphatic carbocycles. The molecule has 1 unspecified atom stereocenters. The van der Waals surface area contributed by atoms with Crippen LogP contribution in [0.1, 0.15) is 12.0 Å². The predicted octanol–water partition coefficient (Wildman–Crippen LogP) is 3.57. The number of phenols is 1. The molecule has 0 amide bonds. The number of ether oxygens (including phenoxy) is 1. The summed E-state index contributed by atoms with van der Waals surface area (Å²) in [5.74, 6) is 1.68. The average Bonchev–Trinajstić information content (AvgIpc) is 3.44. The molecular formula is C23H23N5O2. The lowest BCUT2D eigenvalue weighted by Crippen LogP contribution is -2.21. The lowest BCUT2D eigenvalue weighted by molar-refractivity contribution is 0.415. The van der Waals surface area contributed by atoms with Gasteiger partial charge in [0.05, 0.1) is 18.5 Å². The van der Waals surface area contributed by atoms with Gasteiger partial charge in [0.1, 0.15) is 17.8 Å². The van der Waals surface area contributed by atoms with Crippen LogP contribution in [0.3, 0.4) is 0 Å². The van der Waals surface area contributed by atoms with Crippen LogP contribution in [0.5, 0.6) is 11.5 Å². The van der Waals surface area contributed by atoms with E-state index < -0.39 is 0 Å². The van der Waals surface area contributed by atoms with Crippen molar-refractivity contribution in [3.05, 3.63) is 66.5 Å². The van der Waals surface area contributed by atoms with Gasteiger partial charge in [0.25, 0.3) is 0 Å². The summed E-state index contributed by atoms with van der Waals surface area (Å²) in [6.45, 7) is 1.92. The summed E-state index contributed by atoms with van der Waals surface area (Å²) >= 11 is 0. The minimum absolute atomic E-state index is 0.309. The molecule has 1 atom stereocenters. The van der Waals surface area contributed by atoms with Crippen molar-refractivity contribution in [3.8, 4) is 22.8 Å². The van der Waals surface area contributed by atoms with Crippen molar-refractivity contribution in [1.29, 1.82) is 0 Å². The van der Waals surface area contributed by atoms with Crippen LogP contribution in [-0.2, 0) is 6.42 Å². The molecule has 1 fully saturated rings. The Labute approximate surface area is 174 Å². The predicted molar refractivity (Wildman–Crippen MR) is 115 cm³/mol. The largest absolute Gasteiger partial charge is 0.508 e. The fourth-order valence-corrected chi connectivity index (χ4v) is 4.13. The van der Waals surface area contributed by atoms with E-state index in [0.717, 1.165) is 54.3 Å². The molecule has 5 rings (SSSR count). The lowest BCUT2D eigenvalue weighted by Gasteiger charge is -2.20. The molecule has 2 aromatic carbocycles. The number of benzene rings is 2. The molecule has 0 radical (unpaired) electrons. The molecule has 1 aliphatic rings. The van der Waals surface area contributed by atoms with E-state index in [-0.39, 0.29) is 0 Å². The van der Waals surface area contributed by atoms with E-state index >= 15 is 0 Å². The Bertz CT molecular complexity index is 1150. The molecule has 3 heterocycles. The number of hydrogen-bond acceptors (Lipinski definition) is 6. The Hall–Kier alpha value is -3.61. The highest BCUT2D eigenvalue weighted by molar-refractivity contribution is 5.74. The zero-order chi connectivity index (χ0) is 20.5. The fraction of sp³-hybridized carbons (Fsp3) is 0.261. The van der Waals surface area contributed by atoms with Gasteiger partial charge < -0.3 is 14.7 Å². The molecular weight excluding hydrogens is 378 g/mol. The molecule has 4 aromatic rings. The van der Waals surface area contributed by atoms with Gasteiger partial charge in [0.15, 0.2) is 0 Å². The average molecular weight is 401 g/mol. The highest BCUT2D eigenvalue weighted by Gasteiger charge is 2.26. The number of anilines is 1. The number of hydrogen-bond donors (Lipinski definition) is 1. The van der Waals surface area contributed by atoms with Gasteiger partial charge in [-0.05, 0) is 66.8 Å². The van der Waals surface area contributed by atoms with E-state index in [0.29, 0.717) is 11.7 Å². The maximum atomic E-state index is 9.50. The molecule has 1 N–H and O–H groups in total. The highest BCUT2D eigenvalue weighted by atomic mass is 16.5. The van der Waals surface area contributed by atoms with Gasteiger partial charge in [-0.2, -0.15) is 9.61 Å². The van der Waals surface area contributed by atoms with Crippen molar-refractivity contribution in [1.82, 2.24) is 19.8 Å². The first-order valence-corrected chi connectivity index (χ1v) is 10.1. The second-order valence-corrected chi connectivity index (χ2v) is 7.71. The second kappa shape index (κ2) is 7.67. The van der Waals surface area contributed by atoms with Gasteiger partial charge >= 0.3 is 0 Å². The van der Waals surface area contributed by atoms with E-state index in [1.54, 1.807) is 30.1 Å². The molecule has 7 nitrogen and oxygen atoms in total. The molecule has 0 saturated carbocycles. The summed E-state index contributed by atoms with van der Waals surface area (Å²) in [5.41, 5.74) is 4.98. The monoisotopic (exact) mass is 401 g/mol. The Morgan fingerprint density at radius 3 is 2.67 bits per heavy atom. The maximum Gasteiger partial charge on any atom is 0.200 e. The van der Waals surface area contributed by atoms with E-state index in [2.05, 4.69) is 26.3 Å². The standard InChI is InChI=1S/C23H23N5O2/c1-30-20-8-4-18(5-9-20)21-13-22(23-25-24-15-28(23)26-21)27-11-10-17(14-27)12-16-2-6-19(29)7-3-16/h2-9,13,15,17,29H,10-12,14H2,1H3. The van der Waals surface area contributed by atoms with Crippen molar-refractivity contribution in [2.45, 2.75) is 12.8 Å². The Balaban J connectivity index is 1.42. The summed E-state index contributed by atoms with van der Waals surface area (Å²) < 4.78 is 7.02. The SMILES string of the molecule is COc1ccc(-c2cc(N3CCC(Cc4ccc(O)cc4)C3)c3nncn3n2)cc1. The van der Waals surface area contributed by atoms with Gasteiger partial charge in [0, 0.05) is 18.7 Å². The van der Waals surface area contributed by atoms with E-state index in [9.17, 15) is 5.11 Å². The van der Waals surface area contributed by atoms with Crippen LogP contribution >= 0.6 is 0 Å². The van der Waals surface area contributed by atoms with Gasteiger partial charge in [-0.15, -0.1) is 10.2 Å². The van der Waals surface area contributed by atoms with Crippen molar-refractivity contribution in [2.24, 2.45) is 5.92 Å². The second-order valence-electron chi connectivity index (χ2n) is 7.71. The topological polar surface area (TPSA) is 75.8 Å². The first-order chi connectivity index (χ1) is 14.7. The first kappa shape index (κ1) is 18.4. The molecule has 152 valence electrons. The van der Waals surface area contributed by atoms with Crippen molar-refractivity contribution in [2.75, 3.05) is 25.1 Å². The van der Waals surface area contributed by atoms with Gasteiger partial charge in [-0.3, -0.25) is 0 Å². The molecule has 0 spiro atoms. The zero-order valence-corrected chi connectivity index (χ0v) is 16.8. The molecule has 0 bridgehead atoms. The third-order valence-electron chi connectivity index (χ3n) is 5.72. The molecule has 1 saturated heterocycles. The van der Waals surface area contributed by atoms with E-state index in [1.807, 2.05) is 36.4 Å².